The Kier molecular flexibility index (Phi) is 3.70. The molecule has 0 aliphatic carbocycles. The predicted molar refractivity (Wildman–Crippen MR) is 84.1 cm³/mol. The Hall–Kier alpha value is -2.21. The average molecular weight is 318 g/mol. The molecule has 1 heterocycles. The number of fused-ring (bicyclic) bond motifs is 1. The van der Waals surface area contributed by atoms with Gasteiger partial charge in [-0.15, -0.1) is 4.40 Å². The van der Waals surface area contributed by atoms with Gasteiger partial charge in [0.05, 0.1) is 4.90 Å². The Morgan fingerprint density at radius 2 is 1.82 bits per heavy atom. The summed E-state index contributed by atoms with van der Waals surface area (Å²) in [5.41, 5.74) is 2.51. The smallest absolute Gasteiger partial charge is 0.283 e. The standard InChI is InChI=1S/C16H15FN2O2S/c1-11-2-6-14(7-3-11)22(20,21)19-16-9-4-12-10-13(17)5-8-15(12)18-16/h2-3,5-8,10H,4,9H2,1H3,(H,18,19). The first-order chi connectivity index (χ1) is 10.4. The van der Waals surface area contributed by atoms with Gasteiger partial charge in [0.15, 0.2) is 0 Å². The number of hydrogen-bond donors (Lipinski definition) is 1. The molecule has 2 aromatic rings. The number of rotatable bonds is 2. The third-order valence-corrected chi connectivity index (χ3v) is 4.86. The van der Waals surface area contributed by atoms with E-state index in [2.05, 4.69) is 9.71 Å². The lowest BCUT2D eigenvalue weighted by Gasteiger charge is -2.19. The maximum absolute atomic E-state index is 13.2. The van der Waals surface area contributed by atoms with E-state index in [1.54, 1.807) is 30.3 Å². The largest absolute Gasteiger partial charge is 0.343 e. The number of benzene rings is 2. The lowest BCUT2D eigenvalue weighted by atomic mass is 10.0. The predicted octanol–water partition coefficient (Wildman–Crippen LogP) is 3.28. The molecule has 22 heavy (non-hydrogen) atoms. The van der Waals surface area contributed by atoms with E-state index in [0.29, 0.717) is 24.4 Å². The summed E-state index contributed by atoms with van der Waals surface area (Å²) in [4.78, 5) is 0.164. The molecule has 1 aliphatic heterocycles. The zero-order valence-corrected chi connectivity index (χ0v) is 12.8. The molecule has 0 saturated carbocycles. The summed E-state index contributed by atoms with van der Waals surface area (Å²) in [6.07, 6.45) is 0.990. The van der Waals surface area contributed by atoms with Gasteiger partial charge in [-0.25, -0.2) is 4.39 Å². The number of hydrogen-bond acceptors (Lipinski definition) is 2. The second-order valence-corrected chi connectivity index (χ2v) is 6.86. The summed E-state index contributed by atoms with van der Waals surface area (Å²) in [5.74, 6) is 0.0768. The zero-order chi connectivity index (χ0) is 15.7. The van der Waals surface area contributed by atoms with Gasteiger partial charge in [0.1, 0.15) is 11.7 Å². The molecule has 0 radical (unpaired) electrons. The van der Waals surface area contributed by atoms with Gasteiger partial charge in [0, 0.05) is 12.1 Å². The molecule has 4 nitrogen and oxygen atoms in total. The molecule has 0 atom stereocenters. The molecule has 1 N–H and O–H groups in total. The van der Waals surface area contributed by atoms with Crippen LogP contribution in [0.25, 0.3) is 0 Å². The summed E-state index contributed by atoms with van der Waals surface area (Å²) in [6.45, 7) is 1.89. The van der Waals surface area contributed by atoms with Crippen LogP contribution in [0.15, 0.2) is 51.8 Å². The van der Waals surface area contributed by atoms with Crippen molar-refractivity contribution in [3.8, 4) is 0 Å². The molecule has 0 amide bonds. The van der Waals surface area contributed by atoms with E-state index >= 15 is 0 Å². The van der Waals surface area contributed by atoms with Crippen molar-refractivity contribution in [2.45, 2.75) is 24.7 Å². The topological polar surface area (TPSA) is 58.5 Å². The van der Waals surface area contributed by atoms with Crippen LogP contribution in [-0.4, -0.2) is 14.3 Å². The minimum Gasteiger partial charge on any atom is -0.343 e. The van der Waals surface area contributed by atoms with Crippen LogP contribution in [0, 0.1) is 12.7 Å². The van der Waals surface area contributed by atoms with Gasteiger partial charge in [0.25, 0.3) is 10.0 Å². The van der Waals surface area contributed by atoms with Crippen molar-refractivity contribution in [1.82, 2.24) is 0 Å². The Labute approximate surface area is 128 Å². The monoisotopic (exact) mass is 318 g/mol. The van der Waals surface area contributed by atoms with E-state index < -0.39 is 10.0 Å². The molecule has 1 aliphatic rings. The Morgan fingerprint density at radius 1 is 1.09 bits per heavy atom. The molecule has 114 valence electrons. The normalized spacial score (nSPS) is 16.2. The highest BCUT2D eigenvalue weighted by Gasteiger charge is 2.18. The number of nitrogens with zero attached hydrogens (tertiary/aromatic N) is 1. The van der Waals surface area contributed by atoms with E-state index in [0.717, 1.165) is 11.1 Å². The summed E-state index contributed by atoms with van der Waals surface area (Å²) >= 11 is 0. The highest BCUT2D eigenvalue weighted by molar-refractivity contribution is 7.90. The number of nitrogens with one attached hydrogen (secondary N) is 1. The first-order valence-electron chi connectivity index (χ1n) is 6.90. The SMILES string of the molecule is Cc1ccc(S(=O)(=O)N=C2CCc3cc(F)ccc3N2)cc1. The summed E-state index contributed by atoms with van der Waals surface area (Å²) < 4.78 is 41.6. The lowest BCUT2D eigenvalue weighted by molar-refractivity contribution is 0.597. The minimum absolute atomic E-state index is 0.164. The van der Waals surface area contributed by atoms with E-state index in [9.17, 15) is 12.8 Å². The fourth-order valence-electron chi connectivity index (χ4n) is 2.34. The van der Waals surface area contributed by atoms with Gasteiger partial charge in [0.2, 0.25) is 0 Å². The highest BCUT2D eigenvalue weighted by Crippen LogP contribution is 2.24. The number of sulfonamides is 1. The fourth-order valence-corrected chi connectivity index (χ4v) is 3.35. The van der Waals surface area contributed by atoms with Crippen LogP contribution in [0.1, 0.15) is 17.5 Å². The first-order valence-corrected chi connectivity index (χ1v) is 8.34. The molecule has 3 rings (SSSR count). The lowest BCUT2D eigenvalue weighted by Crippen LogP contribution is -2.21. The van der Waals surface area contributed by atoms with Crippen molar-refractivity contribution in [3.63, 3.8) is 0 Å². The summed E-state index contributed by atoms with van der Waals surface area (Å²) in [5, 5.41) is 2.97. The molecule has 0 bridgehead atoms. The van der Waals surface area contributed by atoms with Gasteiger partial charge in [-0.2, -0.15) is 8.42 Å². The Morgan fingerprint density at radius 3 is 2.55 bits per heavy atom. The van der Waals surface area contributed by atoms with Crippen molar-refractivity contribution in [2.24, 2.45) is 4.40 Å². The third kappa shape index (κ3) is 3.01. The van der Waals surface area contributed by atoms with Crippen molar-refractivity contribution in [3.05, 3.63) is 59.4 Å². The first kappa shape index (κ1) is 14.7. The van der Waals surface area contributed by atoms with Crippen LogP contribution in [-0.2, 0) is 16.4 Å². The van der Waals surface area contributed by atoms with E-state index in [1.165, 1.54) is 12.1 Å². The van der Waals surface area contributed by atoms with Crippen LogP contribution in [0.4, 0.5) is 10.1 Å². The minimum atomic E-state index is -3.74. The number of anilines is 1. The fraction of sp³-hybridized carbons (Fsp3) is 0.188. The maximum Gasteiger partial charge on any atom is 0.283 e. The average Bonchev–Trinajstić information content (AvgIpc) is 2.47. The molecular formula is C16H15FN2O2S. The molecule has 2 aromatic carbocycles. The van der Waals surface area contributed by atoms with Crippen molar-refractivity contribution >= 4 is 21.5 Å². The number of aryl methyl sites for hydroxylation is 2. The highest BCUT2D eigenvalue weighted by atomic mass is 32.2. The molecule has 0 spiro atoms. The van der Waals surface area contributed by atoms with Crippen molar-refractivity contribution in [2.75, 3.05) is 5.32 Å². The van der Waals surface area contributed by atoms with Crippen molar-refractivity contribution < 1.29 is 12.8 Å². The maximum atomic E-state index is 13.2. The van der Waals surface area contributed by atoms with Crippen molar-refractivity contribution in [1.29, 1.82) is 0 Å². The van der Waals surface area contributed by atoms with Gasteiger partial charge < -0.3 is 5.32 Å². The number of amidine groups is 1. The van der Waals surface area contributed by atoms with E-state index in [-0.39, 0.29) is 10.7 Å². The van der Waals surface area contributed by atoms with Gasteiger partial charge in [-0.3, -0.25) is 0 Å². The van der Waals surface area contributed by atoms with Crippen LogP contribution >= 0.6 is 0 Å². The second-order valence-electron chi connectivity index (χ2n) is 5.25. The molecule has 6 heteroatoms. The van der Waals surface area contributed by atoms with Crippen LogP contribution in [0.3, 0.4) is 0 Å². The molecule has 0 fully saturated rings. The molecular weight excluding hydrogens is 303 g/mol. The molecule has 0 unspecified atom stereocenters. The Bertz CT molecular complexity index is 843. The third-order valence-electron chi connectivity index (χ3n) is 3.53. The van der Waals surface area contributed by atoms with Gasteiger partial charge in [-0.1, -0.05) is 17.7 Å². The second kappa shape index (κ2) is 5.53. The van der Waals surface area contributed by atoms with E-state index in [4.69, 9.17) is 0 Å². The number of halogens is 1. The van der Waals surface area contributed by atoms with Gasteiger partial charge in [-0.05, 0) is 49.2 Å². The summed E-state index contributed by atoms with van der Waals surface area (Å²) in [6, 6.07) is 10.9. The Balaban J connectivity index is 1.89. The molecule has 0 aromatic heterocycles. The zero-order valence-electron chi connectivity index (χ0n) is 12.0. The van der Waals surface area contributed by atoms with Crippen LogP contribution in [0.5, 0.6) is 0 Å². The van der Waals surface area contributed by atoms with Crippen LogP contribution in [0.2, 0.25) is 0 Å². The molecule has 0 saturated heterocycles. The van der Waals surface area contributed by atoms with E-state index in [1.807, 2.05) is 6.92 Å². The summed E-state index contributed by atoms with van der Waals surface area (Å²) in [7, 11) is -3.74. The quantitative estimate of drug-likeness (QED) is 0.924. The van der Waals surface area contributed by atoms with Crippen LogP contribution < -0.4 is 5.32 Å². The van der Waals surface area contributed by atoms with Gasteiger partial charge >= 0.3 is 0 Å².